The van der Waals surface area contributed by atoms with Crippen molar-refractivity contribution in [3.05, 3.63) is 96.2 Å². The Morgan fingerprint density at radius 3 is 2.10 bits per heavy atom. The van der Waals surface area contributed by atoms with E-state index in [0.29, 0.717) is 12.3 Å². The molecule has 0 amide bonds. The molecule has 4 heteroatoms. The second kappa shape index (κ2) is 8.15. The number of ether oxygens (including phenoxy) is 1. The van der Waals surface area contributed by atoms with Gasteiger partial charge in [-0.1, -0.05) is 78.4 Å². The fraction of sp³-hybridized carbons (Fsp3) is 0.120. The summed E-state index contributed by atoms with van der Waals surface area (Å²) in [6.07, 6.45) is 0. The Balaban J connectivity index is 2.05. The van der Waals surface area contributed by atoms with Crippen molar-refractivity contribution in [2.24, 2.45) is 0 Å². The number of esters is 1. The van der Waals surface area contributed by atoms with Crippen molar-refractivity contribution in [3.8, 4) is 28.1 Å². The summed E-state index contributed by atoms with van der Waals surface area (Å²) in [5, 5.41) is 4.87. The molecular formula is C25H22N2O2. The van der Waals surface area contributed by atoms with E-state index in [-0.39, 0.29) is 5.97 Å². The highest BCUT2D eigenvalue weighted by Crippen LogP contribution is 2.36. The predicted molar refractivity (Wildman–Crippen MR) is 115 cm³/mol. The smallest absolute Gasteiger partial charge is 0.357 e. The topological polar surface area (TPSA) is 44.1 Å². The molecule has 0 radical (unpaired) electrons. The minimum Gasteiger partial charge on any atom is -0.461 e. The van der Waals surface area contributed by atoms with Crippen molar-refractivity contribution in [3.63, 3.8) is 0 Å². The third kappa shape index (κ3) is 3.69. The monoisotopic (exact) mass is 382 g/mol. The third-order valence-electron chi connectivity index (χ3n) is 4.74. The molecule has 0 aliphatic rings. The predicted octanol–water partition coefficient (Wildman–Crippen LogP) is 5.69. The van der Waals surface area contributed by atoms with Gasteiger partial charge in [0, 0.05) is 11.1 Å². The summed E-state index contributed by atoms with van der Waals surface area (Å²) >= 11 is 0. The van der Waals surface area contributed by atoms with Crippen molar-refractivity contribution in [2.75, 3.05) is 6.61 Å². The first-order valence-electron chi connectivity index (χ1n) is 9.67. The molecule has 0 N–H and O–H groups in total. The molecule has 0 bridgehead atoms. The van der Waals surface area contributed by atoms with Crippen LogP contribution in [0.15, 0.2) is 84.9 Å². The molecule has 4 aromatic rings. The molecule has 0 spiro atoms. The van der Waals surface area contributed by atoms with Gasteiger partial charge in [0.25, 0.3) is 0 Å². The highest BCUT2D eigenvalue weighted by Gasteiger charge is 2.27. The van der Waals surface area contributed by atoms with Crippen LogP contribution in [-0.2, 0) is 4.74 Å². The Kier molecular flexibility index (Phi) is 5.25. The number of aromatic nitrogens is 2. The fourth-order valence-electron chi connectivity index (χ4n) is 3.35. The van der Waals surface area contributed by atoms with Crippen LogP contribution in [0.1, 0.15) is 23.0 Å². The lowest BCUT2D eigenvalue weighted by Gasteiger charge is -2.10. The van der Waals surface area contributed by atoms with Crippen molar-refractivity contribution < 1.29 is 9.53 Å². The van der Waals surface area contributed by atoms with E-state index < -0.39 is 0 Å². The minimum absolute atomic E-state index is 0.298. The van der Waals surface area contributed by atoms with Crippen LogP contribution in [-0.4, -0.2) is 22.4 Å². The molecule has 3 aromatic carbocycles. The van der Waals surface area contributed by atoms with Gasteiger partial charge in [-0.3, -0.25) is 0 Å². The first kappa shape index (κ1) is 18.7. The second-order valence-electron chi connectivity index (χ2n) is 6.77. The Morgan fingerprint density at radius 1 is 0.862 bits per heavy atom. The largest absolute Gasteiger partial charge is 0.461 e. The van der Waals surface area contributed by atoms with E-state index in [1.807, 2.05) is 98.8 Å². The van der Waals surface area contributed by atoms with Crippen molar-refractivity contribution in [2.45, 2.75) is 13.8 Å². The second-order valence-corrected chi connectivity index (χ2v) is 6.77. The van der Waals surface area contributed by atoms with E-state index >= 15 is 0 Å². The average Bonchev–Trinajstić information content (AvgIpc) is 3.16. The molecule has 1 aromatic heterocycles. The van der Waals surface area contributed by atoms with Crippen LogP contribution in [0.3, 0.4) is 0 Å². The van der Waals surface area contributed by atoms with Crippen molar-refractivity contribution >= 4 is 5.97 Å². The van der Waals surface area contributed by atoms with Gasteiger partial charge in [0.05, 0.1) is 12.3 Å². The molecule has 0 atom stereocenters. The summed E-state index contributed by atoms with van der Waals surface area (Å²) in [6.45, 7) is 4.15. The molecule has 29 heavy (non-hydrogen) atoms. The highest BCUT2D eigenvalue weighted by atomic mass is 16.5. The summed E-state index contributed by atoms with van der Waals surface area (Å²) < 4.78 is 7.12. The van der Waals surface area contributed by atoms with Crippen LogP contribution >= 0.6 is 0 Å². The number of hydrogen-bond acceptors (Lipinski definition) is 3. The molecule has 0 saturated carbocycles. The van der Waals surface area contributed by atoms with Gasteiger partial charge in [0.15, 0.2) is 5.69 Å². The zero-order valence-electron chi connectivity index (χ0n) is 16.5. The van der Waals surface area contributed by atoms with Crippen LogP contribution in [0.2, 0.25) is 0 Å². The molecule has 0 aliphatic carbocycles. The number of nitrogens with zero attached hydrogens (tertiary/aromatic N) is 2. The van der Waals surface area contributed by atoms with Crippen LogP contribution in [0.5, 0.6) is 0 Å². The van der Waals surface area contributed by atoms with Crippen LogP contribution in [0.25, 0.3) is 28.1 Å². The lowest BCUT2D eigenvalue weighted by Crippen LogP contribution is -2.13. The molecule has 0 saturated heterocycles. The first-order chi connectivity index (χ1) is 14.2. The van der Waals surface area contributed by atoms with E-state index in [4.69, 9.17) is 9.84 Å². The van der Waals surface area contributed by atoms with Gasteiger partial charge in [-0.15, -0.1) is 0 Å². The first-order valence-corrected chi connectivity index (χ1v) is 9.67. The number of rotatable bonds is 5. The maximum atomic E-state index is 13.1. The van der Waals surface area contributed by atoms with Gasteiger partial charge >= 0.3 is 5.97 Å². The van der Waals surface area contributed by atoms with Gasteiger partial charge < -0.3 is 4.74 Å². The Hall–Kier alpha value is -3.66. The number of benzene rings is 3. The van der Waals surface area contributed by atoms with E-state index in [0.717, 1.165) is 33.6 Å². The SMILES string of the molecule is CCOC(=O)c1c(-c2ccc(C)cc2)c(-c2ccccc2)nn1-c1ccccc1. The average molecular weight is 382 g/mol. The van der Waals surface area contributed by atoms with Crippen LogP contribution in [0.4, 0.5) is 0 Å². The van der Waals surface area contributed by atoms with E-state index in [2.05, 4.69) is 0 Å². The van der Waals surface area contributed by atoms with Gasteiger partial charge in [-0.05, 0) is 31.5 Å². The lowest BCUT2D eigenvalue weighted by atomic mass is 9.98. The van der Waals surface area contributed by atoms with Gasteiger partial charge in [-0.25, -0.2) is 9.48 Å². The third-order valence-corrected chi connectivity index (χ3v) is 4.74. The molecule has 1 heterocycles. The normalized spacial score (nSPS) is 10.7. The Labute approximate surface area is 170 Å². The van der Waals surface area contributed by atoms with Crippen LogP contribution in [0, 0.1) is 6.92 Å². The summed E-state index contributed by atoms with van der Waals surface area (Å²) in [4.78, 5) is 13.1. The zero-order valence-corrected chi connectivity index (χ0v) is 16.5. The number of aryl methyl sites for hydroxylation is 1. The molecule has 0 unspecified atom stereocenters. The van der Waals surface area contributed by atoms with Crippen molar-refractivity contribution in [1.29, 1.82) is 0 Å². The molecule has 4 nitrogen and oxygen atoms in total. The van der Waals surface area contributed by atoms with Gasteiger partial charge in [-0.2, -0.15) is 5.10 Å². The number of carbonyl (C=O) groups is 1. The Morgan fingerprint density at radius 2 is 1.48 bits per heavy atom. The lowest BCUT2D eigenvalue weighted by molar-refractivity contribution is 0.0516. The van der Waals surface area contributed by atoms with Crippen LogP contribution < -0.4 is 0 Å². The van der Waals surface area contributed by atoms with Gasteiger partial charge in [0.1, 0.15) is 5.69 Å². The quantitative estimate of drug-likeness (QED) is 0.416. The fourth-order valence-corrected chi connectivity index (χ4v) is 3.35. The summed E-state index contributed by atoms with van der Waals surface area (Å²) in [5.74, 6) is -0.387. The maximum Gasteiger partial charge on any atom is 0.357 e. The maximum absolute atomic E-state index is 13.1. The number of carbonyl (C=O) groups excluding carboxylic acids is 1. The molecule has 144 valence electrons. The summed E-state index contributed by atoms with van der Waals surface area (Å²) in [5.41, 5.74) is 5.80. The number of hydrogen-bond donors (Lipinski definition) is 0. The van der Waals surface area contributed by atoms with E-state index in [9.17, 15) is 4.79 Å². The highest BCUT2D eigenvalue weighted by molar-refractivity contribution is 6.00. The van der Waals surface area contributed by atoms with E-state index in [1.54, 1.807) is 4.68 Å². The molecule has 4 rings (SSSR count). The summed E-state index contributed by atoms with van der Waals surface area (Å²) in [7, 11) is 0. The standard InChI is InChI=1S/C25H22N2O2/c1-3-29-25(28)24-22(19-16-14-18(2)15-17-19)23(20-10-6-4-7-11-20)26-27(24)21-12-8-5-9-13-21/h4-17H,3H2,1-2H3. The van der Waals surface area contributed by atoms with Gasteiger partial charge in [0.2, 0.25) is 0 Å². The van der Waals surface area contributed by atoms with E-state index in [1.165, 1.54) is 0 Å². The zero-order chi connectivity index (χ0) is 20.2. The minimum atomic E-state index is -0.387. The van der Waals surface area contributed by atoms with Crippen molar-refractivity contribution in [1.82, 2.24) is 9.78 Å². The summed E-state index contributed by atoms with van der Waals surface area (Å²) in [6, 6.07) is 27.7. The number of para-hydroxylation sites is 1. The Bertz CT molecular complexity index is 1110. The molecular weight excluding hydrogens is 360 g/mol. The molecule has 0 aliphatic heterocycles. The molecule has 0 fully saturated rings.